The van der Waals surface area contributed by atoms with Gasteiger partial charge in [0.15, 0.2) is 6.17 Å². The molecule has 2 aromatic carbocycles. The molecule has 158 valence electrons. The zero-order valence-corrected chi connectivity index (χ0v) is 17.8. The maximum atomic E-state index is 13.3. The van der Waals surface area contributed by atoms with E-state index in [0.29, 0.717) is 16.4 Å². The van der Waals surface area contributed by atoms with Gasteiger partial charge in [0.2, 0.25) is 0 Å². The summed E-state index contributed by atoms with van der Waals surface area (Å²) in [5, 5.41) is 14.2. The summed E-state index contributed by atoms with van der Waals surface area (Å²) in [6.45, 7) is 11.6. The first-order valence-corrected chi connectivity index (χ1v) is 9.81. The van der Waals surface area contributed by atoms with Gasteiger partial charge in [-0.05, 0) is 52.0 Å². The van der Waals surface area contributed by atoms with Gasteiger partial charge in [0.05, 0.1) is 5.54 Å². The van der Waals surface area contributed by atoms with Gasteiger partial charge in [-0.25, -0.2) is 9.59 Å². The normalized spacial score (nSPS) is 17.8. The molecule has 4 amide bonds. The number of nitrogens with one attached hydrogen (secondary N) is 1. The van der Waals surface area contributed by atoms with Crippen molar-refractivity contribution in [2.24, 2.45) is 0 Å². The summed E-state index contributed by atoms with van der Waals surface area (Å²) in [4.78, 5) is 29.2. The highest BCUT2D eigenvalue weighted by molar-refractivity contribution is 5.98. The number of hydroxylamine groups is 2. The van der Waals surface area contributed by atoms with E-state index in [4.69, 9.17) is 0 Å². The van der Waals surface area contributed by atoms with Crippen LogP contribution in [-0.4, -0.2) is 45.5 Å². The Morgan fingerprint density at radius 2 is 1.67 bits per heavy atom. The fourth-order valence-corrected chi connectivity index (χ4v) is 3.67. The van der Waals surface area contributed by atoms with Crippen molar-refractivity contribution in [2.75, 3.05) is 16.8 Å². The largest absolute Gasteiger partial charge is 0.347 e. The van der Waals surface area contributed by atoms with E-state index in [1.165, 1.54) is 4.90 Å². The molecule has 0 aromatic heterocycles. The maximum absolute atomic E-state index is 13.3. The average molecular weight is 409 g/mol. The smallest absolute Gasteiger partial charge is 0.311 e. The molecular formula is C23H28N4O3. The first kappa shape index (κ1) is 21.4. The fourth-order valence-electron chi connectivity index (χ4n) is 3.67. The van der Waals surface area contributed by atoms with Gasteiger partial charge in [0.25, 0.3) is 0 Å². The van der Waals surface area contributed by atoms with Gasteiger partial charge in [-0.1, -0.05) is 41.5 Å². The second kappa shape index (κ2) is 8.20. The van der Waals surface area contributed by atoms with E-state index >= 15 is 0 Å². The minimum atomic E-state index is -0.946. The van der Waals surface area contributed by atoms with Crippen LogP contribution in [0, 0.1) is 13.8 Å². The van der Waals surface area contributed by atoms with Crippen molar-refractivity contribution in [2.45, 2.75) is 39.4 Å². The van der Waals surface area contributed by atoms with E-state index in [0.717, 1.165) is 11.1 Å². The molecule has 1 atom stereocenters. The molecular weight excluding hydrogens is 380 g/mol. The van der Waals surface area contributed by atoms with Crippen LogP contribution in [0.1, 0.15) is 25.0 Å². The first-order chi connectivity index (χ1) is 14.2. The van der Waals surface area contributed by atoms with Gasteiger partial charge < -0.3 is 10.2 Å². The summed E-state index contributed by atoms with van der Waals surface area (Å²) in [6.07, 6.45) is 0.682. The number of hydrogen-bond donors (Lipinski definition) is 2. The number of urea groups is 2. The van der Waals surface area contributed by atoms with Crippen LogP contribution in [0.2, 0.25) is 0 Å². The lowest BCUT2D eigenvalue weighted by Gasteiger charge is -2.38. The van der Waals surface area contributed by atoms with Crippen molar-refractivity contribution in [3.63, 3.8) is 0 Å². The lowest BCUT2D eigenvalue weighted by atomic mass is 9.99. The first-order valence-electron chi connectivity index (χ1n) is 9.81. The Labute approximate surface area is 177 Å². The van der Waals surface area contributed by atoms with Gasteiger partial charge in [0, 0.05) is 17.9 Å². The molecule has 0 saturated carbocycles. The molecule has 3 rings (SSSR count). The molecule has 0 radical (unpaired) electrons. The predicted molar refractivity (Wildman–Crippen MR) is 118 cm³/mol. The summed E-state index contributed by atoms with van der Waals surface area (Å²) in [5.41, 5.74) is 2.37. The highest BCUT2D eigenvalue weighted by atomic mass is 16.5. The molecule has 1 aliphatic rings. The van der Waals surface area contributed by atoms with E-state index in [9.17, 15) is 14.8 Å². The second-order valence-corrected chi connectivity index (χ2v) is 8.06. The molecule has 30 heavy (non-hydrogen) atoms. The van der Waals surface area contributed by atoms with Gasteiger partial charge in [-0.15, -0.1) is 6.58 Å². The number of amides is 4. The van der Waals surface area contributed by atoms with Crippen molar-refractivity contribution in [1.82, 2.24) is 9.96 Å². The summed E-state index contributed by atoms with van der Waals surface area (Å²) >= 11 is 0. The number of anilines is 2. The quantitative estimate of drug-likeness (QED) is 0.425. The molecule has 1 aliphatic heterocycles. The number of nitrogens with zero attached hydrogens (tertiary/aromatic N) is 3. The van der Waals surface area contributed by atoms with Crippen LogP contribution in [0.15, 0.2) is 61.2 Å². The Balaban J connectivity index is 1.96. The van der Waals surface area contributed by atoms with Crippen molar-refractivity contribution in [3.8, 4) is 0 Å². The molecule has 0 spiro atoms. The fraction of sp³-hybridized carbons (Fsp3) is 0.304. The third kappa shape index (κ3) is 3.89. The minimum Gasteiger partial charge on any atom is -0.311 e. The van der Waals surface area contributed by atoms with Crippen LogP contribution in [0.3, 0.4) is 0 Å². The Hall–Kier alpha value is -3.32. The highest BCUT2D eigenvalue weighted by Gasteiger charge is 2.55. The third-order valence-corrected chi connectivity index (χ3v) is 5.38. The predicted octanol–water partition coefficient (Wildman–Crippen LogP) is 4.76. The van der Waals surface area contributed by atoms with E-state index in [2.05, 4.69) is 11.9 Å². The zero-order chi connectivity index (χ0) is 22.1. The molecule has 7 heteroatoms. The molecule has 2 N–H and O–H groups in total. The van der Waals surface area contributed by atoms with Crippen LogP contribution in [0.25, 0.3) is 0 Å². The van der Waals surface area contributed by atoms with Gasteiger partial charge in [-0.3, -0.25) is 10.1 Å². The highest BCUT2D eigenvalue weighted by Crippen LogP contribution is 2.37. The van der Waals surface area contributed by atoms with Crippen molar-refractivity contribution < 1.29 is 14.8 Å². The molecule has 7 nitrogen and oxygen atoms in total. The van der Waals surface area contributed by atoms with Gasteiger partial charge in [-0.2, -0.15) is 5.06 Å². The van der Waals surface area contributed by atoms with E-state index in [-0.39, 0.29) is 12.6 Å². The van der Waals surface area contributed by atoms with Gasteiger partial charge in [0.1, 0.15) is 0 Å². The number of benzene rings is 2. The van der Waals surface area contributed by atoms with Gasteiger partial charge >= 0.3 is 12.1 Å². The molecule has 1 unspecified atom stereocenters. The molecule has 2 aromatic rings. The van der Waals surface area contributed by atoms with Crippen molar-refractivity contribution in [1.29, 1.82) is 0 Å². The monoisotopic (exact) mass is 408 g/mol. The average Bonchev–Trinajstić information content (AvgIpc) is 2.90. The van der Waals surface area contributed by atoms with E-state index in [1.807, 2.05) is 52.0 Å². The summed E-state index contributed by atoms with van der Waals surface area (Å²) < 4.78 is 0. The third-order valence-electron chi connectivity index (χ3n) is 5.38. The van der Waals surface area contributed by atoms with Crippen LogP contribution in [0.4, 0.5) is 21.0 Å². The number of carbonyl (C=O) groups excluding carboxylic acids is 2. The lowest BCUT2D eigenvalue weighted by molar-refractivity contribution is -0.0941. The van der Waals surface area contributed by atoms with Crippen LogP contribution in [-0.2, 0) is 0 Å². The Bertz CT molecular complexity index is 938. The van der Waals surface area contributed by atoms with Crippen LogP contribution in [0.5, 0.6) is 0 Å². The second-order valence-electron chi connectivity index (χ2n) is 8.06. The Morgan fingerprint density at radius 3 is 2.20 bits per heavy atom. The molecule has 0 bridgehead atoms. The number of rotatable bonds is 5. The molecule has 1 saturated heterocycles. The molecule has 0 aliphatic carbocycles. The summed E-state index contributed by atoms with van der Waals surface area (Å²) in [5.74, 6) is 0. The minimum absolute atomic E-state index is 0.290. The summed E-state index contributed by atoms with van der Waals surface area (Å²) in [6, 6.07) is 13.6. The zero-order valence-electron chi connectivity index (χ0n) is 17.8. The maximum Gasteiger partial charge on any atom is 0.347 e. The molecule has 1 fully saturated rings. The van der Waals surface area contributed by atoms with Crippen LogP contribution >= 0.6 is 0 Å². The number of carbonyl (C=O) groups is 2. The topological polar surface area (TPSA) is 76.1 Å². The van der Waals surface area contributed by atoms with E-state index < -0.39 is 17.7 Å². The summed E-state index contributed by atoms with van der Waals surface area (Å²) in [7, 11) is 0. The number of hydrogen-bond acceptors (Lipinski definition) is 3. The Morgan fingerprint density at radius 1 is 1.13 bits per heavy atom. The van der Waals surface area contributed by atoms with Crippen molar-refractivity contribution in [3.05, 3.63) is 72.3 Å². The Kier molecular flexibility index (Phi) is 5.85. The van der Waals surface area contributed by atoms with E-state index in [1.54, 1.807) is 35.2 Å². The van der Waals surface area contributed by atoms with Crippen molar-refractivity contribution >= 4 is 23.4 Å². The SMILES string of the molecule is C=CCN1C(=O)N(c2ccc(C)cc2)C(N(O)C(=O)Nc2ccc(C)cc2)C1(C)C. The lowest BCUT2D eigenvalue weighted by Crippen LogP contribution is -2.58. The molecule has 1 heterocycles. The standard InChI is InChI=1S/C23H28N4O3/c1-6-15-25-22(29)26(19-13-9-17(3)10-14-19)20(23(25,4)5)27(30)21(28)24-18-11-7-16(2)8-12-18/h6-14,20,30H,1,15H2,2-5H3,(H,24,28). The van der Waals surface area contributed by atoms with Crippen LogP contribution < -0.4 is 10.2 Å². The number of aryl methyl sites for hydroxylation is 2.